The number of carbonyl (C=O) groups excluding carboxylic acids is 2. The number of alkyl halides is 2. The molecule has 8 nitrogen and oxygen atoms in total. The minimum Gasteiger partial charge on any atom is -0.444 e. The van der Waals surface area contributed by atoms with Gasteiger partial charge in [-0.1, -0.05) is 0 Å². The van der Waals surface area contributed by atoms with Crippen LogP contribution in [0.25, 0.3) is 10.9 Å². The summed E-state index contributed by atoms with van der Waals surface area (Å²) in [7, 11) is 0. The SMILES string of the molecule is Cc1c(C(=O)NCCN2CCC(F)(F)C2)ccc2nn(CC3CN(C(=O)OC(C)(C)C)C3)cc12. The fourth-order valence-electron chi connectivity index (χ4n) is 4.47. The van der Waals surface area contributed by atoms with Crippen LogP contribution in [0, 0.1) is 12.8 Å². The van der Waals surface area contributed by atoms with E-state index >= 15 is 0 Å². The van der Waals surface area contributed by atoms with Gasteiger partial charge in [0.05, 0.1) is 12.1 Å². The number of likely N-dealkylation sites (tertiary alicyclic amines) is 2. The molecule has 0 unspecified atom stereocenters. The summed E-state index contributed by atoms with van der Waals surface area (Å²) in [6.45, 7) is 10.2. The lowest BCUT2D eigenvalue weighted by Gasteiger charge is -2.39. The van der Waals surface area contributed by atoms with Crippen molar-refractivity contribution in [3.63, 3.8) is 0 Å². The van der Waals surface area contributed by atoms with E-state index < -0.39 is 11.5 Å². The molecule has 3 heterocycles. The third kappa shape index (κ3) is 5.65. The van der Waals surface area contributed by atoms with E-state index in [4.69, 9.17) is 4.74 Å². The van der Waals surface area contributed by atoms with E-state index in [1.807, 2.05) is 44.6 Å². The number of halogens is 2. The van der Waals surface area contributed by atoms with Crippen LogP contribution in [0.1, 0.15) is 43.1 Å². The minimum atomic E-state index is -2.63. The van der Waals surface area contributed by atoms with Crippen molar-refractivity contribution in [1.29, 1.82) is 0 Å². The summed E-state index contributed by atoms with van der Waals surface area (Å²) in [5, 5.41) is 8.37. The zero-order valence-electron chi connectivity index (χ0n) is 20.2. The molecular weight excluding hydrogens is 444 g/mol. The van der Waals surface area contributed by atoms with E-state index in [-0.39, 0.29) is 25.0 Å². The number of amides is 2. The van der Waals surface area contributed by atoms with Gasteiger partial charge in [0.1, 0.15) is 5.60 Å². The molecule has 4 rings (SSSR count). The zero-order chi connectivity index (χ0) is 24.7. The molecule has 186 valence electrons. The summed E-state index contributed by atoms with van der Waals surface area (Å²) in [6, 6.07) is 3.57. The molecule has 1 aromatic heterocycles. The van der Waals surface area contributed by atoms with Crippen LogP contribution >= 0.6 is 0 Å². The van der Waals surface area contributed by atoms with Crippen LogP contribution in [-0.4, -0.2) is 82.4 Å². The first-order valence-electron chi connectivity index (χ1n) is 11.7. The van der Waals surface area contributed by atoms with E-state index in [1.165, 1.54) is 0 Å². The first-order valence-corrected chi connectivity index (χ1v) is 11.7. The monoisotopic (exact) mass is 477 g/mol. The van der Waals surface area contributed by atoms with E-state index in [2.05, 4.69) is 10.4 Å². The van der Waals surface area contributed by atoms with Gasteiger partial charge in [0.2, 0.25) is 0 Å². The van der Waals surface area contributed by atoms with Crippen molar-refractivity contribution in [2.45, 2.75) is 52.2 Å². The fraction of sp³-hybridized carbons (Fsp3) is 0.625. The van der Waals surface area contributed by atoms with E-state index in [0.29, 0.717) is 50.7 Å². The Bertz CT molecular complexity index is 1070. The highest BCUT2D eigenvalue weighted by molar-refractivity contribution is 6.00. The zero-order valence-corrected chi connectivity index (χ0v) is 20.2. The van der Waals surface area contributed by atoms with Crippen LogP contribution in [0.3, 0.4) is 0 Å². The van der Waals surface area contributed by atoms with Gasteiger partial charge in [0, 0.05) is 68.8 Å². The highest BCUT2D eigenvalue weighted by Crippen LogP contribution is 2.27. The Morgan fingerprint density at radius 1 is 1.26 bits per heavy atom. The Labute approximate surface area is 198 Å². The van der Waals surface area contributed by atoms with Crippen LogP contribution in [-0.2, 0) is 11.3 Å². The van der Waals surface area contributed by atoms with Crippen molar-refractivity contribution < 1.29 is 23.1 Å². The lowest BCUT2D eigenvalue weighted by atomic mass is 10.0. The number of nitrogens with one attached hydrogen (secondary N) is 1. The van der Waals surface area contributed by atoms with Crippen LogP contribution in [0.4, 0.5) is 13.6 Å². The largest absolute Gasteiger partial charge is 0.444 e. The molecule has 2 amide bonds. The van der Waals surface area contributed by atoms with E-state index in [1.54, 1.807) is 15.9 Å². The number of aromatic nitrogens is 2. The average molecular weight is 478 g/mol. The van der Waals surface area contributed by atoms with Gasteiger partial charge in [-0.05, 0) is 45.4 Å². The average Bonchev–Trinajstić information content (AvgIpc) is 3.26. The first kappa shape index (κ1) is 24.4. The van der Waals surface area contributed by atoms with Crippen LogP contribution in [0.5, 0.6) is 0 Å². The molecule has 2 fully saturated rings. The Hall–Kier alpha value is -2.75. The minimum absolute atomic E-state index is 0.124. The third-order valence-electron chi connectivity index (χ3n) is 6.27. The van der Waals surface area contributed by atoms with Gasteiger partial charge >= 0.3 is 6.09 Å². The maximum absolute atomic E-state index is 13.3. The molecule has 2 aromatic rings. The third-order valence-corrected chi connectivity index (χ3v) is 6.27. The molecule has 10 heteroatoms. The van der Waals surface area contributed by atoms with Crippen LogP contribution < -0.4 is 5.32 Å². The molecule has 1 aromatic carbocycles. The summed E-state index contributed by atoms with van der Waals surface area (Å²) in [5.41, 5.74) is 1.68. The standard InChI is InChI=1S/C24H33F2N5O3/c1-16-18(21(32)27-8-10-29-9-7-24(25,26)15-29)5-6-20-19(16)14-31(28-20)13-17-11-30(12-17)22(33)34-23(2,3)4/h5-6,14,17H,7-13,15H2,1-4H3,(H,27,32). The lowest BCUT2D eigenvalue weighted by Crippen LogP contribution is -2.52. The van der Waals surface area contributed by atoms with Crippen LogP contribution in [0.2, 0.25) is 0 Å². The summed E-state index contributed by atoms with van der Waals surface area (Å²) < 4.78 is 33.9. The number of rotatable bonds is 6. The highest BCUT2D eigenvalue weighted by Gasteiger charge is 2.37. The van der Waals surface area contributed by atoms with Gasteiger partial charge < -0.3 is 15.0 Å². The molecule has 0 aliphatic carbocycles. The summed E-state index contributed by atoms with van der Waals surface area (Å²) in [5.74, 6) is -2.55. The van der Waals surface area contributed by atoms with E-state index in [9.17, 15) is 18.4 Å². The van der Waals surface area contributed by atoms with E-state index in [0.717, 1.165) is 16.5 Å². The molecule has 0 saturated carbocycles. The Morgan fingerprint density at radius 2 is 2.00 bits per heavy atom. The Balaban J connectivity index is 1.31. The predicted molar refractivity (Wildman–Crippen MR) is 124 cm³/mol. The topological polar surface area (TPSA) is 79.7 Å². The fourth-order valence-corrected chi connectivity index (χ4v) is 4.47. The van der Waals surface area contributed by atoms with Gasteiger partial charge in [-0.2, -0.15) is 5.10 Å². The second kappa shape index (κ2) is 9.13. The van der Waals surface area contributed by atoms with Crippen molar-refractivity contribution in [2.24, 2.45) is 5.92 Å². The summed E-state index contributed by atoms with van der Waals surface area (Å²) in [6.07, 6.45) is 1.52. The first-order chi connectivity index (χ1) is 15.9. The van der Waals surface area contributed by atoms with Crippen molar-refractivity contribution in [2.75, 3.05) is 39.3 Å². The second-order valence-corrected chi connectivity index (χ2v) is 10.4. The Morgan fingerprint density at radius 3 is 2.65 bits per heavy atom. The van der Waals surface area contributed by atoms with Crippen LogP contribution in [0.15, 0.2) is 18.3 Å². The summed E-state index contributed by atoms with van der Waals surface area (Å²) >= 11 is 0. The maximum atomic E-state index is 13.3. The number of hydrogen-bond donors (Lipinski definition) is 1. The number of nitrogens with zero attached hydrogens (tertiary/aromatic N) is 4. The number of ether oxygens (including phenoxy) is 1. The van der Waals surface area contributed by atoms with Gasteiger partial charge in [0.25, 0.3) is 11.8 Å². The highest BCUT2D eigenvalue weighted by atomic mass is 19.3. The van der Waals surface area contributed by atoms with Crippen molar-refractivity contribution in [3.05, 3.63) is 29.5 Å². The normalized spacial score (nSPS) is 18.8. The number of benzene rings is 1. The molecule has 34 heavy (non-hydrogen) atoms. The molecule has 0 atom stereocenters. The number of aryl methyl sites for hydroxylation is 1. The molecule has 2 saturated heterocycles. The molecular formula is C24H33F2N5O3. The van der Waals surface area contributed by atoms with Crippen molar-refractivity contribution in [1.82, 2.24) is 24.9 Å². The van der Waals surface area contributed by atoms with Gasteiger partial charge in [-0.15, -0.1) is 0 Å². The molecule has 0 bridgehead atoms. The number of fused-ring (bicyclic) bond motifs is 1. The smallest absolute Gasteiger partial charge is 0.410 e. The Kier molecular flexibility index (Phi) is 6.54. The molecule has 0 spiro atoms. The molecule has 2 aliphatic rings. The van der Waals surface area contributed by atoms with Crippen molar-refractivity contribution in [3.8, 4) is 0 Å². The van der Waals surface area contributed by atoms with Gasteiger partial charge in [0.15, 0.2) is 0 Å². The second-order valence-electron chi connectivity index (χ2n) is 10.4. The molecule has 1 N–H and O–H groups in total. The van der Waals surface area contributed by atoms with Gasteiger partial charge in [-0.25, -0.2) is 13.6 Å². The maximum Gasteiger partial charge on any atom is 0.410 e. The van der Waals surface area contributed by atoms with Gasteiger partial charge in [-0.3, -0.25) is 14.4 Å². The predicted octanol–water partition coefficient (Wildman–Crippen LogP) is 3.28. The molecule has 0 radical (unpaired) electrons. The summed E-state index contributed by atoms with van der Waals surface area (Å²) in [4.78, 5) is 28.2. The quantitative estimate of drug-likeness (QED) is 0.691. The molecule has 2 aliphatic heterocycles. The lowest BCUT2D eigenvalue weighted by molar-refractivity contribution is -0.00385. The number of hydrogen-bond acceptors (Lipinski definition) is 5. The number of carbonyl (C=O) groups is 2. The van der Waals surface area contributed by atoms with Crippen molar-refractivity contribution >= 4 is 22.9 Å².